The van der Waals surface area contributed by atoms with E-state index in [0.717, 1.165) is 17.9 Å². The van der Waals surface area contributed by atoms with Gasteiger partial charge in [-0.15, -0.1) is 0 Å². The molecule has 9 heteroatoms. The molecule has 1 aliphatic heterocycles. The fraction of sp³-hybridized carbons (Fsp3) is 0.417. The van der Waals surface area contributed by atoms with Gasteiger partial charge in [-0.05, 0) is 19.1 Å². The van der Waals surface area contributed by atoms with Crippen molar-refractivity contribution in [2.45, 2.75) is 24.8 Å². The number of alkyl halides is 2. The van der Waals surface area contributed by atoms with Gasteiger partial charge >= 0.3 is 5.97 Å². The number of anilines is 1. The first-order valence-electron chi connectivity index (χ1n) is 5.90. The predicted octanol–water partition coefficient (Wildman–Crippen LogP) is 3.05. The summed E-state index contributed by atoms with van der Waals surface area (Å²) in [6, 6.07) is 3.83. The minimum Gasteiger partial charge on any atom is -0.480 e. The summed E-state index contributed by atoms with van der Waals surface area (Å²) in [5.74, 6) is -4.68. The van der Waals surface area contributed by atoms with E-state index >= 15 is 0 Å². The van der Waals surface area contributed by atoms with Crippen LogP contribution < -0.4 is 4.90 Å². The number of aliphatic carboxylic acids is 1. The number of hydrogen-bond acceptors (Lipinski definition) is 4. The molecule has 1 heterocycles. The molecule has 114 valence electrons. The smallest absolute Gasteiger partial charge is 0.329 e. The zero-order chi connectivity index (χ0) is 16.0. The summed E-state index contributed by atoms with van der Waals surface area (Å²) in [5.41, 5.74) is -2.46. The highest BCUT2D eigenvalue weighted by Gasteiger charge is 2.57. The molecule has 0 spiro atoms. The number of nitrogens with zero attached hydrogens (tertiary/aromatic N) is 2. The lowest BCUT2D eigenvalue weighted by molar-refractivity contribution is -0.384. The highest BCUT2D eigenvalue weighted by molar-refractivity contribution is 9.10. The van der Waals surface area contributed by atoms with Crippen molar-refractivity contribution in [3.63, 3.8) is 0 Å². The van der Waals surface area contributed by atoms with Crippen LogP contribution in [0.3, 0.4) is 0 Å². The molecule has 1 aromatic carbocycles. The van der Waals surface area contributed by atoms with Crippen LogP contribution in [0.25, 0.3) is 0 Å². The third-order valence-corrected chi connectivity index (χ3v) is 3.97. The second-order valence-corrected chi connectivity index (χ2v) is 6.00. The summed E-state index contributed by atoms with van der Waals surface area (Å²) >= 11 is 3.11. The molecular weight excluding hydrogens is 354 g/mol. The molecular formula is C12H11BrF2N2O4. The molecule has 0 radical (unpaired) electrons. The SMILES string of the molecule is CC1(C(=O)O)CC(F)(F)CN1c1cc(Br)ccc1[N+](=O)[O-]. The Bertz CT molecular complexity index is 625. The van der Waals surface area contributed by atoms with Crippen LogP contribution in [0.2, 0.25) is 0 Å². The van der Waals surface area contributed by atoms with E-state index in [1.807, 2.05) is 0 Å². The van der Waals surface area contributed by atoms with Gasteiger partial charge in [-0.3, -0.25) is 10.1 Å². The van der Waals surface area contributed by atoms with Gasteiger partial charge in [-0.2, -0.15) is 0 Å². The zero-order valence-corrected chi connectivity index (χ0v) is 12.4. The third-order valence-electron chi connectivity index (χ3n) is 3.47. The summed E-state index contributed by atoms with van der Waals surface area (Å²) in [5, 5.41) is 20.3. The Morgan fingerprint density at radius 1 is 1.52 bits per heavy atom. The normalized spacial score (nSPS) is 24.1. The summed E-state index contributed by atoms with van der Waals surface area (Å²) in [6.45, 7) is 0.258. The molecule has 0 aromatic heterocycles. The fourth-order valence-corrected chi connectivity index (χ4v) is 2.82. The van der Waals surface area contributed by atoms with Gasteiger partial charge in [-0.25, -0.2) is 13.6 Å². The molecule has 0 bridgehead atoms. The average molecular weight is 365 g/mol. The van der Waals surface area contributed by atoms with Gasteiger partial charge in [0, 0.05) is 17.0 Å². The molecule has 1 aromatic rings. The molecule has 1 saturated heterocycles. The second-order valence-electron chi connectivity index (χ2n) is 5.09. The maximum Gasteiger partial charge on any atom is 0.329 e. The van der Waals surface area contributed by atoms with E-state index in [1.165, 1.54) is 12.1 Å². The summed E-state index contributed by atoms with van der Waals surface area (Å²) in [4.78, 5) is 22.6. The standard InChI is InChI=1S/C12H11BrF2N2O4/c1-11(10(18)19)5-12(14,15)6-16(11)9-4-7(13)2-3-8(9)17(20)21/h2-4H,5-6H2,1H3,(H,18,19). The molecule has 1 atom stereocenters. The van der Waals surface area contributed by atoms with E-state index in [-0.39, 0.29) is 5.69 Å². The van der Waals surface area contributed by atoms with Crippen molar-refractivity contribution in [3.05, 3.63) is 32.8 Å². The number of carboxylic acids is 1. The van der Waals surface area contributed by atoms with Crippen LogP contribution in [-0.2, 0) is 4.79 Å². The molecule has 0 saturated carbocycles. The second kappa shape index (κ2) is 4.90. The number of nitro groups is 1. The fourth-order valence-electron chi connectivity index (χ4n) is 2.47. The largest absolute Gasteiger partial charge is 0.480 e. The first-order chi connectivity index (χ1) is 9.57. The average Bonchev–Trinajstić information content (AvgIpc) is 2.60. The minimum absolute atomic E-state index is 0.142. The molecule has 1 fully saturated rings. The molecule has 1 unspecified atom stereocenters. The number of carbonyl (C=O) groups is 1. The molecule has 2 rings (SSSR count). The number of nitro benzene ring substituents is 1. The number of hydrogen-bond donors (Lipinski definition) is 1. The number of halogens is 3. The Kier molecular flexibility index (Phi) is 3.64. The molecule has 0 amide bonds. The van der Waals surface area contributed by atoms with Crippen LogP contribution in [0.1, 0.15) is 13.3 Å². The topological polar surface area (TPSA) is 83.7 Å². The Balaban J connectivity index is 2.61. The summed E-state index contributed by atoms with van der Waals surface area (Å²) in [6.07, 6.45) is -0.904. The Labute approximate surface area is 126 Å². The van der Waals surface area contributed by atoms with E-state index in [4.69, 9.17) is 0 Å². The van der Waals surface area contributed by atoms with Gasteiger partial charge in [-0.1, -0.05) is 15.9 Å². The Morgan fingerprint density at radius 2 is 2.14 bits per heavy atom. The van der Waals surface area contributed by atoms with Crippen LogP contribution >= 0.6 is 15.9 Å². The van der Waals surface area contributed by atoms with E-state index < -0.39 is 41.0 Å². The van der Waals surface area contributed by atoms with Gasteiger partial charge in [0.1, 0.15) is 11.2 Å². The third kappa shape index (κ3) is 2.69. The molecule has 1 aliphatic rings. The summed E-state index contributed by atoms with van der Waals surface area (Å²) < 4.78 is 27.8. The van der Waals surface area contributed by atoms with E-state index in [0.29, 0.717) is 4.47 Å². The van der Waals surface area contributed by atoms with Crippen LogP contribution in [-0.4, -0.2) is 34.0 Å². The first kappa shape index (κ1) is 15.6. The maximum atomic E-state index is 13.7. The van der Waals surface area contributed by atoms with E-state index in [1.54, 1.807) is 0 Å². The van der Waals surface area contributed by atoms with E-state index in [2.05, 4.69) is 15.9 Å². The van der Waals surface area contributed by atoms with Gasteiger partial charge in [0.05, 0.1) is 11.5 Å². The molecule has 0 aliphatic carbocycles. The number of rotatable bonds is 3. The maximum absolute atomic E-state index is 13.7. The quantitative estimate of drug-likeness (QED) is 0.658. The summed E-state index contributed by atoms with van der Waals surface area (Å²) in [7, 11) is 0. The minimum atomic E-state index is -3.23. The van der Waals surface area contributed by atoms with Crippen LogP contribution in [0.5, 0.6) is 0 Å². The van der Waals surface area contributed by atoms with Crippen molar-refractivity contribution in [2.75, 3.05) is 11.4 Å². The Morgan fingerprint density at radius 3 is 2.67 bits per heavy atom. The number of carboxylic acid groups (broad SMARTS) is 1. The van der Waals surface area contributed by atoms with Gasteiger partial charge in [0.25, 0.3) is 11.6 Å². The van der Waals surface area contributed by atoms with E-state index in [9.17, 15) is 28.8 Å². The monoisotopic (exact) mass is 364 g/mol. The van der Waals surface area contributed by atoms with Crippen molar-refractivity contribution >= 4 is 33.3 Å². The highest BCUT2D eigenvalue weighted by atomic mass is 79.9. The zero-order valence-electron chi connectivity index (χ0n) is 10.8. The number of benzene rings is 1. The van der Waals surface area contributed by atoms with Crippen molar-refractivity contribution < 1.29 is 23.6 Å². The van der Waals surface area contributed by atoms with Crippen LogP contribution in [0.4, 0.5) is 20.2 Å². The lowest BCUT2D eigenvalue weighted by Crippen LogP contribution is -2.48. The van der Waals surface area contributed by atoms with Crippen LogP contribution in [0.15, 0.2) is 22.7 Å². The van der Waals surface area contributed by atoms with Crippen molar-refractivity contribution in [3.8, 4) is 0 Å². The Hall–Kier alpha value is -1.77. The highest BCUT2D eigenvalue weighted by Crippen LogP contribution is 2.45. The van der Waals surface area contributed by atoms with Gasteiger partial charge in [0.15, 0.2) is 0 Å². The molecule has 21 heavy (non-hydrogen) atoms. The van der Waals surface area contributed by atoms with Crippen molar-refractivity contribution in [1.82, 2.24) is 0 Å². The van der Waals surface area contributed by atoms with Gasteiger partial charge in [0.2, 0.25) is 0 Å². The van der Waals surface area contributed by atoms with Crippen LogP contribution in [0, 0.1) is 10.1 Å². The lowest BCUT2D eigenvalue weighted by Gasteiger charge is -2.31. The lowest BCUT2D eigenvalue weighted by atomic mass is 9.97. The first-order valence-corrected chi connectivity index (χ1v) is 6.69. The van der Waals surface area contributed by atoms with Gasteiger partial charge < -0.3 is 10.0 Å². The predicted molar refractivity (Wildman–Crippen MR) is 73.7 cm³/mol. The van der Waals surface area contributed by atoms with Crippen molar-refractivity contribution in [2.24, 2.45) is 0 Å². The molecule has 6 nitrogen and oxygen atoms in total. The van der Waals surface area contributed by atoms with Crippen molar-refractivity contribution in [1.29, 1.82) is 0 Å². The molecule has 1 N–H and O–H groups in total.